The second-order valence-electron chi connectivity index (χ2n) is 4.28. The summed E-state index contributed by atoms with van der Waals surface area (Å²) in [5.41, 5.74) is 1.25. The molecule has 0 aromatic carbocycles. The smallest absolute Gasteiger partial charge is 0.407 e. The van der Waals surface area contributed by atoms with Crippen molar-refractivity contribution in [3.05, 3.63) is 30.1 Å². The highest BCUT2D eigenvalue weighted by Gasteiger charge is 2.22. The number of carbonyl (C=O) groups is 1. The Bertz CT molecular complexity index is 345. The maximum absolute atomic E-state index is 10.7. The third-order valence-corrected chi connectivity index (χ3v) is 3.13. The number of amides is 1. The number of rotatable bonds is 2. The lowest BCUT2D eigenvalue weighted by atomic mass is 9.91. The molecule has 2 rings (SSSR count). The van der Waals surface area contributed by atoms with Crippen LogP contribution in [0.1, 0.15) is 18.4 Å². The minimum absolute atomic E-state index is 0.597. The fraction of sp³-hybridized carbons (Fsp3) is 0.500. The third-order valence-electron chi connectivity index (χ3n) is 3.13. The van der Waals surface area contributed by atoms with Crippen LogP contribution in [0.3, 0.4) is 0 Å². The zero-order valence-corrected chi connectivity index (χ0v) is 9.17. The van der Waals surface area contributed by atoms with Gasteiger partial charge < -0.3 is 10.0 Å². The normalized spacial score (nSPS) is 17.4. The SMILES string of the molecule is O=C(O)N1CCC(Cc2cccnc2)CC1. The Morgan fingerprint density at radius 1 is 1.50 bits per heavy atom. The van der Waals surface area contributed by atoms with E-state index in [1.807, 2.05) is 12.3 Å². The van der Waals surface area contributed by atoms with Gasteiger partial charge in [-0.05, 0) is 36.8 Å². The molecule has 1 aliphatic rings. The van der Waals surface area contributed by atoms with Crippen molar-refractivity contribution < 1.29 is 9.90 Å². The largest absolute Gasteiger partial charge is 0.465 e. The average Bonchev–Trinajstić information content (AvgIpc) is 2.31. The predicted molar refractivity (Wildman–Crippen MR) is 60.3 cm³/mol. The lowest BCUT2D eigenvalue weighted by Crippen LogP contribution is -2.37. The summed E-state index contributed by atoms with van der Waals surface area (Å²) in [6, 6.07) is 4.03. The second-order valence-corrected chi connectivity index (χ2v) is 4.28. The highest BCUT2D eigenvalue weighted by atomic mass is 16.4. The Labute approximate surface area is 94.9 Å². The van der Waals surface area contributed by atoms with E-state index in [0.29, 0.717) is 19.0 Å². The van der Waals surface area contributed by atoms with E-state index in [2.05, 4.69) is 11.1 Å². The van der Waals surface area contributed by atoms with Gasteiger partial charge in [0.05, 0.1) is 0 Å². The van der Waals surface area contributed by atoms with Crippen molar-refractivity contribution in [3.8, 4) is 0 Å². The number of pyridine rings is 1. The number of hydrogen-bond donors (Lipinski definition) is 1. The van der Waals surface area contributed by atoms with Crippen molar-refractivity contribution >= 4 is 6.09 Å². The first-order valence-corrected chi connectivity index (χ1v) is 5.62. The molecule has 0 spiro atoms. The van der Waals surface area contributed by atoms with Crippen molar-refractivity contribution in [2.75, 3.05) is 13.1 Å². The summed E-state index contributed by atoms with van der Waals surface area (Å²) >= 11 is 0. The first-order chi connectivity index (χ1) is 7.75. The number of nitrogens with zero attached hydrogens (tertiary/aromatic N) is 2. The van der Waals surface area contributed by atoms with Crippen molar-refractivity contribution in [1.82, 2.24) is 9.88 Å². The van der Waals surface area contributed by atoms with Crippen LogP contribution >= 0.6 is 0 Å². The quantitative estimate of drug-likeness (QED) is 0.829. The second kappa shape index (κ2) is 4.96. The van der Waals surface area contributed by atoms with E-state index in [9.17, 15) is 4.79 Å². The van der Waals surface area contributed by atoms with Crippen LogP contribution in [0.2, 0.25) is 0 Å². The maximum atomic E-state index is 10.7. The molecule has 16 heavy (non-hydrogen) atoms. The van der Waals surface area contributed by atoms with Gasteiger partial charge in [0.2, 0.25) is 0 Å². The number of likely N-dealkylation sites (tertiary alicyclic amines) is 1. The van der Waals surface area contributed by atoms with Crippen LogP contribution in [0.4, 0.5) is 4.79 Å². The van der Waals surface area contributed by atoms with Crippen LogP contribution in [0, 0.1) is 5.92 Å². The molecule has 0 atom stereocenters. The number of carboxylic acid groups (broad SMARTS) is 1. The molecule has 0 saturated carbocycles. The van der Waals surface area contributed by atoms with E-state index in [1.54, 1.807) is 6.20 Å². The molecule has 1 fully saturated rings. The van der Waals surface area contributed by atoms with Gasteiger partial charge in [-0.3, -0.25) is 4.98 Å². The Hall–Kier alpha value is -1.58. The van der Waals surface area contributed by atoms with Gasteiger partial charge in [-0.2, -0.15) is 0 Å². The van der Waals surface area contributed by atoms with Gasteiger partial charge in [0.25, 0.3) is 0 Å². The molecule has 1 aromatic rings. The molecule has 4 heteroatoms. The molecule has 4 nitrogen and oxygen atoms in total. The van der Waals surface area contributed by atoms with E-state index in [0.717, 1.165) is 19.3 Å². The molecule has 0 unspecified atom stereocenters. The number of aromatic nitrogens is 1. The Morgan fingerprint density at radius 3 is 2.81 bits per heavy atom. The molecule has 0 aliphatic carbocycles. The molecule has 1 aliphatic heterocycles. The molecular weight excluding hydrogens is 204 g/mol. The van der Waals surface area contributed by atoms with Crippen LogP contribution in [-0.2, 0) is 6.42 Å². The predicted octanol–water partition coefficient (Wildman–Crippen LogP) is 2.01. The fourth-order valence-electron chi connectivity index (χ4n) is 2.18. The number of hydrogen-bond acceptors (Lipinski definition) is 2. The first kappa shape index (κ1) is 10.9. The molecule has 86 valence electrons. The van der Waals surface area contributed by atoms with E-state index in [4.69, 9.17) is 5.11 Å². The topological polar surface area (TPSA) is 53.4 Å². The molecule has 1 amide bonds. The highest BCUT2D eigenvalue weighted by molar-refractivity contribution is 5.64. The summed E-state index contributed by atoms with van der Waals surface area (Å²) in [4.78, 5) is 16.3. The summed E-state index contributed by atoms with van der Waals surface area (Å²) in [5.74, 6) is 0.597. The average molecular weight is 220 g/mol. The lowest BCUT2D eigenvalue weighted by Gasteiger charge is -2.29. The van der Waals surface area contributed by atoms with Crippen LogP contribution < -0.4 is 0 Å². The molecule has 0 bridgehead atoms. The third kappa shape index (κ3) is 2.72. The Morgan fingerprint density at radius 2 is 2.25 bits per heavy atom. The standard InChI is InChI=1S/C12H16N2O2/c15-12(16)14-6-3-10(4-7-14)8-11-2-1-5-13-9-11/h1-2,5,9-10H,3-4,6-8H2,(H,15,16). The summed E-state index contributed by atoms with van der Waals surface area (Å²) in [7, 11) is 0. The van der Waals surface area contributed by atoms with Gasteiger partial charge in [0.1, 0.15) is 0 Å². The van der Waals surface area contributed by atoms with E-state index in [1.165, 1.54) is 10.5 Å². The molecular formula is C12H16N2O2. The zero-order valence-electron chi connectivity index (χ0n) is 9.17. The molecule has 0 radical (unpaired) electrons. The summed E-state index contributed by atoms with van der Waals surface area (Å²) in [5, 5.41) is 8.83. The Balaban J connectivity index is 1.84. The van der Waals surface area contributed by atoms with Crippen molar-refractivity contribution in [3.63, 3.8) is 0 Å². The van der Waals surface area contributed by atoms with E-state index < -0.39 is 6.09 Å². The van der Waals surface area contributed by atoms with Crippen LogP contribution in [0.15, 0.2) is 24.5 Å². The molecule has 1 aromatic heterocycles. The van der Waals surface area contributed by atoms with Crippen LogP contribution in [-0.4, -0.2) is 34.2 Å². The fourth-order valence-corrected chi connectivity index (χ4v) is 2.18. The van der Waals surface area contributed by atoms with E-state index in [-0.39, 0.29) is 0 Å². The summed E-state index contributed by atoms with van der Waals surface area (Å²) in [6.45, 7) is 1.33. The summed E-state index contributed by atoms with van der Waals surface area (Å²) < 4.78 is 0. The minimum Gasteiger partial charge on any atom is -0.465 e. The van der Waals surface area contributed by atoms with Gasteiger partial charge in [-0.25, -0.2) is 4.79 Å². The Kier molecular flexibility index (Phi) is 3.39. The summed E-state index contributed by atoms with van der Waals surface area (Å²) in [6.07, 6.45) is 5.81. The van der Waals surface area contributed by atoms with Gasteiger partial charge in [-0.1, -0.05) is 6.07 Å². The molecule has 1 saturated heterocycles. The highest BCUT2D eigenvalue weighted by Crippen LogP contribution is 2.21. The van der Waals surface area contributed by atoms with Gasteiger partial charge >= 0.3 is 6.09 Å². The zero-order chi connectivity index (χ0) is 11.4. The van der Waals surface area contributed by atoms with Crippen LogP contribution in [0.5, 0.6) is 0 Å². The van der Waals surface area contributed by atoms with E-state index >= 15 is 0 Å². The van der Waals surface area contributed by atoms with Gasteiger partial charge in [-0.15, -0.1) is 0 Å². The van der Waals surface area contributed by atoms with Gasteiger partial charge in [0.15, 0.2) is 0 Å². The minimum atomic E-state index is -0.792. The van der Waals surface area contributed by atoms with Crippen LogP contribution in [0.25, 0.3) is 0 Å². The monoisotopic (exact) mass is 220 g/mol. The van der Waals surface area contributed by atoms with Crippen molar-refractivity contribution in [2.24, 2.45) is 5.92 Å². The molecule has 1 N–H and O–H groups in total. The number of piperidine rings is 1. The first-order valence-electron chi connectivity index (χ1n) is 5.62. The van der Waals surface area contributed by atoms with Crippen molar-refractivity contribution in [2.45, 2.75) is 19.3 Å². The lowest BCUT2D eigenvalue weighted by molar-refractivity contribution is 0.124. The maximum Gasteiger partial charge on any atom is 0.407 e. The molecule has 2 heterocycles. The van der Waals surface area contributed by atoms with Gasteiger partial charge in [0, 0.05) is 25.5 Å². The van der Waals surface area contributed by atoms with Crippen molar-refractivity contribution in [1.29, 1.82) is 0 Å².